The summed E-state index contributed by atoms with van der Waals surface area (Å²) in [6.45, 7) is 6.32. The highest BCUT2D eigenvalue weighted by Gasteiger charge is 2.16. The molecule has 5 nitrogen and oxygen atoms in total. The number of hydrogen-bond donors (Lipinski definition) is 2. The summed E-state index contributed by atoms with van der Waals surface area (Å²) in [7, 11) is 1.72. The quantitative estimate of drug-likeness (QED) is 0.815. The van der Waals surface area contributed by atoms with Gasteiger partial charge in [-0.15, -0.1) is 0 Å². The Morgan fingerprint density at radius 2 is 2.18 bits per heavy atom. The molecule has 0 saturated carbocycles. The van der Waals surface area contributed by atoms with E-state index in [-0.39, 0.29) is 5.91 Å². The molecule has 17 heavy (non-hydrogen) atoms. The molecule has 96 valence electrons. The van der Waals surface area contributed by atoms with E-state index in [0.29, 0.717) is 24.6 Å². The minimum absolute atomic E-state index is 0.117. The number of aromatic amines is 1. The Morgan fingerprint density at radius 3 is 2.65 bits per heavy atom. The van der Waals surface area contributed by atoms with Crippen molar-refractivity contribution in [2.24, 2.45) is 0 Å². The van der Waals surface area contributed by atoms with Gasteiger partial charge in [-0.2, -0.15) is 5.10 Å². The lowest BCUT2D eigenvalue weighted by Gasteiger charge is -2.16. The van der Waals surface area contributed by atoms with E-state index in [2.05, 4.69) is 10.2 Å². The second kappa shape index (κ2) is 5.82. The molecule has 0 aliphatic carbocycles. The highest BCUT2D eigenvalue weighted by atomic mass is 16.3. The van der Waals surface area contributed by atoms with Crippen LogP contribution < -0.4 is 0 Å². The number of aliphatic hydroxyl groups is 1. The van der Waals surface area contributed by atoms with Crippen molar-refractivity contribution in [1.82, 2.24) is 15.1 Å². The van der Waals surface area contributed by atoms with Crippen molar-refractivity contribution < 1.29 is 9.90 Å². The zero-order chi connectivity index (χ0) is 13.0. The minimum Gasteiger partial charge on any atom is -0.393 e. The summed E-state index contributed by atoms with van der Waals surface area (Å²) in [6.07, 6.45) is 0.180. The first-order valence-corrected chi connectivity index (χ1v) is 5.90. The maximum absolute atomic E-state index is 12.0. The first-order valence-electron chi connectivity index (χ1n) is 5.90. The number of amides is 1. The van der Waals surface area contributed by atoms with Crippen LogP contribution in [0.5, 0.6) is 0 Å². The van der Waals surface area contributed by atoms with E-state index in [1.165, 1.54) is 0 Å². The number of aromatic nitrogens is 2. The van der Waals surface area contributed by atoms with Crippen LogP contribution in [-0.2, 0) is 0 Å². The number of H-pyrrole nitrogens is 1. The van der Waals surface area contributed by atoms with Gasteiger partial charge in [-0.3, -0.25) is 9.89 Å². The van der Waals surface area contributed by atoms with Crippen LogP contribution in [0.2, 0.25) is 0 Å². The van der Waals surface area contributed by atoms with Crippen LogP contribution in [0.15, 0.2) is 6.07 Å². The Morgan fingerprint density at radius 1 is 1.53 bits per heavy atom. The van der Waals surface area contributed by atoms with Gasteiger partial charge < -0.3 is 10.0 Å². The predicted molar refractivity (Wildman–Crippen MR) is 65.9 cm³/mol. The first kappa shape index (κ1) is 13.7. The van der Waals surface area contributed by atoms with Crippen LogP contribution in [0.3, 0.4) is 0 Å². The van der Waals surface area contributed by atoms with E-state index < -0.39 is 6.10 Å². The van der Waals surface area contributed by atoms with E-state index in [1.54, 1.807) is 24.9 Å². The van der Waals surface area contributed by atoms with Gasteiger partial charge in [0.25, 0.3) is 5.91 Å². The number of carbonyl (C=O) groups is 1. The highest BCUT2D eigenvalue weighted by Crippen LogP contribution is 2.13. The highest BCUT2D eigenvalue weighted by molar-refractivity contribution is 5.92. The van der Waals surface area contributed by atoms with Crippen molar-refractivity contribution in [3.8, 4) is 0 Å². The van der Waals surface area contributed by atoms with Gasteiger partial charge in [0.05, 0.1) is 6.10 Å². The normalized spacial score (nSPS) is 12.8. The molecule has 2 N–H and O–H groups in total. The number of nitrogens with zero attached hydrogens (tertiary/aromatic N) is 2. The second-order valence-corrected chi connectivity index (χ2v) is 4.73. The molecule has 0 spiro atoms. The molecule has 1 aromatic heterocycles. The molecule has 1 unspecified atom stereocenters. The van der Waals surface area contributed by atoms with Crippen molar-refractivity contribution >= 4 is 5.91 Å². The summed E-state index contributed by atoms with van der Waals surface area (Å²) in [4.78, 5) is 13.5. The van der Waals surface area contributed by atoms with Crippen LogP contribution in [0.1, 0.15) is 49.3 Å². The lowest BCUT2D eigenvalue weighted by molar-refractivity contribution is 0.0763. The molecule has 0 aliphatic heterocycles. The maximum atomic E-state index is 12.0. The number of nitrogens with one attached hydrogen (secondary N) is 1. The van der Waals surface area contributed by atoms with Crippen molar-refractivity contribution in [2.75, 3.05) is 13.6 Å². The fourth-order valence-electron chi connectivity index (χ4n) is 1.42. The Hall–Kier alpha value is -1.36. The maximum Gasteiger partial charge on any atom is 0.274 e. The van der Waals surface area contributed by atoms with Crippen molar-refractivity contribution in [3.05, 3.63) is 17.5 Å². The molecular weight excluding hydrogens is 218 g/mol. The van der Waals surface area contributed by atoms with Crippen LogP contribution >= 0.6 is 0 Å². The third-order valence-corrected chi connectivity index (χ3v) is 2.67. The van der Waals surface area contributed by atoms with Gasteiger partial charge in [-0.05, 0) is 25.3 Å². The SMILES string of the molecule is CC(O)CCN(C)C(=O)c1cc(C(C)C)[nH]n1. The van der Waals surface area contributed by atoms with Gasteiger partial charge in [0.2, 0.25) is 0 Å². The third kappa shape index (κ3) is 3.85. The monoisotopic (exact) mass is 239 g/mol. The molecule has 1 atom stereocenters. The largest absolute Gasteiger partial charge is 0.393 e. The Kier molecular flexibility index (Phi) is 4.69. The van der Waals surface area contributed by atoms with Gasteiger partial charge >= 0.3 is 0 Å². The lowest BCUT2D eigenvalue weighted by Crippen LogP contribution is -2.29. The van der Waals surface area contributed by atoms with Crippen molar-refractivity contribution in [1.29, 1.82) is 0 Å². The first-order chi connectivity index (χ1) is 7.91. The van der Waals surface area contributed by atoms with Gasteiger partial charge in [0, 0.05) is 19.3 Å². The molecule has 1 rings (SSSR count). The zero-order valence-corrected chi connectivity index (χ0v) is 10.9. The predicted octanol–water partition coefficient (Wildman–Crippen LogP) is 1.38. The topological polar surface area (TPSA) is 69.2 Å². The molecule has 0 radical (unpaired) electrons. The lowest BCUT2D eigenvalue weighted by atomic mass is 10.1. The molecule has 0 aromatic carbocycles. The van der Waals surface area contributed by atoms with Crippen molar-refractivity contribution in [3.63, 3.8) is 0 Å². The fourth-order valence-corrected chi connectivity index (χ4v) is 1.42. The standard InChI is InChI=1S/C12H21N3O2/c1-8(2)10-7-11(14-13-10)12(17)15(4)6-5-9(3)16/h7-9,16H,5-6H2,1-4H3,(H,13,14). The summed E-state index contributed by atoms with van der Waals surface area (Å²) in [5.74, 6) is 0.209. The van der Waals surface area contributed by atoms with Crippen LogP contribution in [0.25, 0.3) is 0 Å². The molecule has 0 bridgehead atoms. The van der Waals surface area contributed by atoms with Crippen LogP contribution in [0, 0.1) is 0 Å². The van der Waals surface area contributed by atoms with Crippen molar-refractivity contribution in [2.45, 2.75) is 39.2 Å². The van der Waals surface area contributed by atoms with E-state index >= 15 is 0 Å². The summed E-state index contributed by atoms with van der Waals surface area (Å²) >= 11 is 0. The number of rotatable bonds is 5. The van der Waals surface area contributed by atoms with E-state index in [9.17, 15) is 9.90 Å². The molecule has 0 saturated heterocycles. The van der Waals surface area contributed by atoms with Gasteiger partial charge in [0.1, 0.15) is 5.69 Å². The Bertz CT molecular complexity index is 372. The summed E-state index contributed by atoms with van der Waals surface area (Å²) < 4.78 is 0. The number of hydrogen-bond acceptors (Lipinski definition) is 3. The average Bonchev–Trinajstić information content (AvgIpc) is 2.73. The number of carbonyl (C=O) groups excluding carboxylic acids is 1. The minimum atomic E-state index is -0.393. The average molecular weight is 239 g/mol. The van der Waals surface area contributed by atoms with Gasteiger partial charge in [-0.1, -0.05) is 13.8 Å². The summed E-state index contributed by atoms with van der Waals surface area (Å²) in [5, 5.41) is 16.0. The van der Waals surface area contributed by atoms with E-state index in [1.807, 2.05) is 13.8 Å². The number of aliphatic hydroxyl groups excluding tert-OH is 1. The smallest absolute Gasteiger partial charge is 0.274 e. The van der Waals surface area contributed by atoms with E-state index in [0.717, 1.165) is 5.69 Å². The summed E-state index contributed by atoms with van der Waals surface area (Å²) in [5.41, 5.74) is 1.39. The van der Waals surface area contributed by atoms with Gasteiger partial charge in [0.15, 0.2) is 0 Å². The molecular formula is C12H21N3O2. The van der Waals surface area contributed by atoms with E-state index in [4.69, 9.17) is 0 Å². The van der Waals surface area contributed by atoms with Crippen LogP contribution in [-0.4, -0.2) is 45.8 Å². The molecule has 0 aliphatic rings. The fraction of sp³-hybridized carbons (Fsp3) is 0.667. The zero-order valence-electron chi connectivity index (χ0n) is 10.9. The van der Waals surface area contributed by atoms with Gasteiger partial charge in [-0.25, -0.2) is 0 Å². The molecule has 0 fully saturated rings. The molecule has 5 heteroatoms. The summed E-state index contributed by atoms with van der Waals surface area (Å²) in [6, 6.07) is 1.78. The molecule has 1 heterocycles. The third-order valence-electron chi connectivity index (χ3n) is 2.67. The second-order valence-electron chi connectivity index (χ2n) is 4.73. The Balaban J connectivity index is 2.61. The molecule has 1 aromatic rings. The Labute approximate surface area is 102 Å². The van der Waals surface area contributed by atoms with Crippen LogP contribution in [0.4, 0.5) is 0 Å². The molecule has 1 amide bonds.